The zero-order valence-corrected chi connectivity index (χ0v) is 15.8. The smallest absolute Gasteiger partial charge is 0.258 e. The Kier molecular flexibility index (Phi) is 5.22. The van der Waals surface area contributed by atoms with E-state index in [9.17, 15) is 14.0 Å². The van der Waals surface area contributed by atoms with Gasteiger partial charge in [-0.25, -0.2) is 4.39 Å². The number of carbonyl (C=O) groups is 2. The fraction of sp³-hybridized carbons (Fsp3) is 0.389. The second-order valence-corrected chi connectivity index (χ2v) is 7.04. The molecular formula is C18H21FN4O2S. The minimum Gasteiger partial charge on any atom is -0.378 e. The van der Waals surface area contributed by atoms with Gasteiger partial charge >= 0.3 is 0 Å². The summed E-state index contributed by atoms with van der Waals surface area (Å²) in [6.07, 6.45) is 0. The normalized spacial score (nSPS) is 14.5. The van der Waals surface area contributed by atoms with E-state index in [2.05, 4.69) is 9.69 Å². The predicted molar refractivity (Wildman–Crippen MR) is 99.3 cm³/mol. The average molecular weight is 376 g/mol. The molecule has 1 N–H and O–H groups in total. The number of nitrogens with one attached hydrogen (secondary N) is 1. The highest BCUT2D eigenvalue weighted by Gasteiger charge is 2.28. The van der Waals surface area contributed by atoms with E-state index in [0.29, 0.717) is 48.6 Å². The topological polar surface area (TPSA) is 65.5 Å². The van der Waals surface area contributed by atoms with E-state index >= 15 is 0 Å². The number of benzene rings is 1. The van der Waals surface area contributed by atoms with Crippen molar-refractivity contribution in [3.63, 3.8) is 0 Å². The van der Waals surface area contributed by atoms with Crippen molar-refractivity contribution in [2.45, 2.75) is 13.8 Å². The summed E-state index contributed by atoms with van der Waals surface area (Å²) in [7, 11) is 1.76. The van der Waals surface area contributed by atoms with Crippen LogP contribution in [0.2, 0.25) is 0 Å². The third-order valence-corrected chi connectivity index (χ3v) is 5.53. The van der Waals surface area contributed by atoms with Crippen LogP contribution in [-0.2, 0) is 0 Å². The van der Waals surface area contributed by atoms with E-state index in [0.717, 1.165) is 5.00 Å². The van der Waals surface area contributed by atoms with E-state index < -0.39 is 0 Å². The Balaban J connectivity index is 1.67. The molecule has 1 aromatic carbocycles. The SMILES string of the molecule is CNc1snc(C)c1C(=O)N1CCN(C(=O)c2ccc(C)c(F)c2)CC1. The van der Waals surface area contributed by atoms with Crippen molar-refractivity contribution in [3.05, 3.63) is 46.4 Å². The second-order valence-electron chi connectivity index (χ2n) is 6.27. The van der Waals surface area contributed by atoms with Crippen molar-refractivity contribution in [2.75, 3.05) is 38.5 Å². The molecule has 8 heteroatoms. The molecule has 0 spiro atoms. The minimum atomic E-state index is -0.385. The van der Waals surface area contributed by atoms with Crippen LogP contribution in [0, 0.1) is 19.7 Å². The Morgan fingerprint density at radius 3 is 2.31 bits per heavy atom. The van der Waals surface area contributed by atoms with Gasteiger partial charge in [0, 0.05) is 38.8 Å². The number of halogens is 1. The van der Waals surface area contributed by atoms with Gasteiger partial charge in [-0.1, -0.05) is 6.07 Å². The van der Waals surface area contributed by atoms with E-state index in [4.69, 9.17) is 0 Å². The number of aryl methyl sites for hydroxylation is 2. The van der Waals surface area contributed by atoms with Gasteiger partial charge in [0.15, 0.2) is 0 Å². The maximum absolute atomic E-state index is 13.7. The quantitative estimate of drug-likeness (QED) is 0.894. The molecule has 1 fully saturated rings. The molecule has 0 unspecified atom stereocenters. The lowest BCUT2D eigenvalue weighted by molar-refractivity contribution is 0.0535. The molecule has 1 aliphatic rings. The molecule has 138 valence electrons. The summed E-state index contributed by atoms with van der Waals surface area (Å²) in [4.78, 5) is 28.7. The summed E-state index contributed by atoms with van der Waals surface area (Å²) >= 11 is 1.27. The predicted octanol–water partition coefficient (Wildman–Crippen LogP) is 2.54. The van der Waals surface area contributed by atoms with Gasteiger partial charge in [-0.15, -0.1) is 0 Å². The Hall–Kier alpha value is -2.48. The Bertz CT molecular complexity index is 844. The molecule has 0 atom stereocenters. The minimum absolute atomic E-state index is 0.0749. The van der Waals surface area contributed by atoms with Crippen molar-refractivity contribution in [1.82, 2.24) is 14.2 Å². The molecule has 0 saturated carbocycles. The van der Waals surface area contributed by atoms with Gasteiger partial charge in [-0.2, -0.15) is 4.37 Å². The zero-order valence-electron chi connectivity index (χ0n) is 15.0. The molecule has 1 aliphatic heterocycles. The first kappa shape index (κ1) is 18.3. The molecule has 0 radical (unpaired) electrons. The summed E-state index contributed by atoms with van der Waals surface area (Å²) < 4.78 is 17.9. The fourth-order valence-corrected chi connectivity index (χ4v) is 3.71. The van der Waals surface area contributed by atoms with Crippen LogP contribution in [0.3, 0.4) is 0 Å². The van der Waals surface area contributed by atoms with Crippen molar-refractivity contribution >= 4 is 28.3 Å². The van der Waals surface area contributed by atoms with E-state index in [1.54, 1.807) is 35.9 Å². The van der Waals surface area contributed by atoms with Crippen LogP contribution < -0.4 is 5.32 Å². The summed E-state index contributed by atoms with van der Waals surface area (Å²) in [5.74, 6) is -0.668. The first-order valence-corrected chi connectivity index (χ1v) is 9.18. The van der Waals surface area contributed by atoms with Crippen molar-refractivity contribution in [2.24, 2.45) is 0 Å². The van der Waals surface area contributed by atoms with Crippen molar-refractivity contribution in [3.8, 4) is 0 Å². The van der Waals surface area contributed by atoms with Crippen molar-refractivity contribution in [1.29, 1.82) is 0 Å². The molecule has 2 aromatic rings. The summed E-state index contributed by atoms with van der Waals surface area (Å²) in [6.45, 7) is 5.21. The molecule has 3 rings (SSSR count). The summed E-state index contributed by atoms with van der Waals surface area (Å²) in [5.41, 5.74) is 2.15. The van der Waals surface area contributed by atoms with Gasteiger partial charge in [-0.05, 0) is 43.1 Å². The van der Waals surface area contributed by atoms with Gasteiger partial charge in [0.1, 0.15) is 10.8 Å². The van der Waals surface area contributed by atoms with E-state index in [-0.39, 0.29) is 17.6 Å². The monoisotopic (exact) mass is 376 g/mol. The Morgan fingerprint density at radius 1 is 1.12 bits per heavy atom. The Morgan fingerprint density at radius 2 is 1.73 bits per heavy atom. The number of anilines is 1. The average Bonchev–Trinajstić information content (AvgIpc) is 3.03. The molecular weight excluding hydrogens is 355 g/mol. The number of nitrogens with zero attached hydrogens (tertiary/aromatic N) is 3. The molecule has 1 aromatic heterocycles. The third kappa shape index (κ3) is 3.41. The number of hydrogen-bond donors (Lipinski definition) is 1. The van der Waals surface area contributed by atoms with Crippen LogP contribution >= 0.6 is 11.5 Å². The van der Waals surface area contributed by atoms with Gasteiger partial charge in [-0.3, -0.25) is 9.59 Å². The lowest BCUT2D eigenvalue weighted by Gasteiger charge is -2.35. The number of carbonyl (C=O) groups excluding carboxylic acids is 2. The highest BCUT2D eigenvalue weighted by Crippen LogP contribution is 2.26. The number of piperazine rings is 1. The molecule has 0 bridgehead atoms. The van der Waals surface area contributed by atoms with Gasteiger partial charge in [0.2, 0.25) is 0 Å². The van der Waals surface area contributed by atoms with Gasteiger partial charge < -0.3 is 15.1 Å². The van der Waals surface area contributed by atoms with Gasteiger partial charge in [0.05, 0.1) is 11.3 Å². The van der Waals surface area contributed by atoms with Crippen LogP contribution in [0.25, 0.3) is 0 Å². The second kappa shape index (κ2) is 7.41. The van der Waals surface area contributed by atoms with Crippen LogP contribution in [0.4, 0.5) is 9.39 Å². The van der Waals surface area contributed by atoms with Crippen LogP contribution in [0.1, 0.15) is 32.0 Å². The molecule has 26 heavy (non-hydrogen) atoms. The fourth-order valence-electron chi connectivity index (χ4n) is 2.97. The first-order valence-electron chi connectivity index (χ1n) is 8.41. The highest BCUT2D eigenvalue weighted by atomic mass is 32.1. The maximum atomic E-state index is 13.7. The lowest BCUT2D eigenvalue weighted by Crippen LogP contribution is -2.50. The summed E-state index contributed by atoms with van der Waals surface area (Å²) in [5, 5.41) is 3.75. The van der Waals surface area contributed by atoms with E-state index in [1.807, 2.05) is 6.92 Å². The standard InChI is InChI=1S/C18H21FN4O2S/c1-11-4-5-13(10-14(11)19)17(24)22-6-8-23(9-7-22)18(25)15-12(2)21-26-16(15)20-3/h4-5,10,20H,6-9H2,1-3H3. The highest BCUT2D eigenvalue weighted by molar-refractivity contribution is 7.10. The largest absolute Gasteiger partial charge is 0.378 e. The number of aromatic nitrogens is 1. The molecule has 2 amide bonds. The van der Waals surface area contributed by atoms with Crippen LogP contribution in [0.5, 0.6) is 0 Å². The number of hydrogen-bond acceptors (Lipinski definition) is 5. The Labute approximate surface area is 155 Å². The zero-order chi connectivity index (χ0) is 18.8. The maximum Gasteiger partial charge on any atom is 0.258 e. The number of rotatable bonds is 3. The van der Waals surface area contributed by atoms with E-state index in [1.165, 1.54) is 17.6 Å². The molecule has 2 heterocycles. The third-order valence-electron chi connectivity index (χ3n) is 4.58. The number of amides is 2. The molecule has 1 saturated heterocycles. The van der Waals surface area contributed by atoms with Crippen LogP contribution in [0.15, 0.2) is 18.2 Å². The van der Waals surface area contributed by atoms with Crippen LogP contribution in [-0.4, -0.2) is 59.2 Å². The van der Waals surface area contributed by atoms with Gasteiger partial charge in [0.25, 0.3) is 11.8 Å². The molecule has 0 aliphatic carbocycles. The molecule has 6 nitrogen and oxygen atoms in total. The summed E-state index contributed by atoms with van der Waals surface area (Å²) in [6, 6.07) is 4.51. The van der Waals surface area contributed by atoms with Crippen molar-refractivity contribution < 1.29 is 14.0 Å². The first-order chi connectivity index (χ1) is 12.4. The lowest BCUT2D eigenvalue weighted by atomic mass is 10.1.